The predicted molar refractivity (Wildman–Crippen MR) is 82.6 cm³/mol. The van der Waals surface area contributed by atoms with Crippen LogP contribution < -0.4 is 9.62 Å². The van der Waals surface area contributed by atoms with Crippen molar-refractivity contribution in [2.75, 3.05) is 7.11 Å². The molecular formula is C14H10F3N3O5S. The number of imidazole rings is 1. The van der Waals surface area contributed by atoms with E-state index >= 15 is 0 Å². The van der Waals surface area contributed by atoms with E-state index in [1.165, 1.54) is 19.2 Å². The SMILES string of the molecule is COc1cc(OOS(=O)(=O)C(F)(F)F)ccc1-c1nc2ncccc2[nH]1. The van der Waals surface area contributed by atoms with Crippen molar-refractivity contribution in [3.8, 4) is 22.9 Å². The first kappa shape index (κ1) is 17.9. The molecule has 26 heavy (non-hydrogen) atoms. The molecule has 1 N–H and O–H groups in total. The molecule has 8 nitrogen and oxygen atoms in total. The summed E-state index contributed by atoms with van der Waals surface area (Å²) in [6.07, 6.45) is 1.57. The third kappa shape index (κ3) is 3.41. The summed E-state index contributed by atoms with van der Waals surface area (Å²) in [6.45, 7) is 0. The number of methoxy groups -OCH3 is 1. The standard InChI is InChI=1S/C14H10F3N3O5S/c1-23-11-7-8(24-25-26(21,22)14(15,16)17)4-5-9(11)12-19-10-3-2-6-18-13(10)20-12/h2-7H,1H3,(H,18,19,20). The van der Waals surface area contributed by atoms with Crippen LogP contribution in [-0.4, -0.2) is 36.0 Å². The number of hydrogen-bond donors (Lipinski definition) is 1. The second kappa shape index (κ2) is 6.46. The molecule has 0 amide bonds. The molecule has 0 saturated carbocycles. The number of alkyl halides is 3. The first-order valence-corrected chi connectivity index (χ1v) is 8.28. The first-order chi connectivity index (χ1) is 12.2. The van der Waals surface area contributed by atoms with Gasteiger partial charge in [-0.3, -0.25) is 0 Å². The maximum absolute atomic E-state index is 12.2. The van der Waals surface area contributed by atoms with Gasteiger partial charge in [-0.1, -0.05) is 0 Å². The van der Waals surface area contributed by atoms with Gasteiger partial charge in [-0.15, -0.1) is 0 Å². The van der Waals surface area contributed by atoms with Crippen molar-refractivity contribution in [2.24, 2.45) is 0 Å². The summed E-state index contributed by atoms with van der Waals surface area (Å²) in [5.41, 5.74) is -4.01. The van der Waals surface area contributed by atoms with Gasteiger partial charge >= 0.3 is 15.6 Å². The van der Waals surface area contributed by atoms with Gasteiger partial charge in [-0.05, 0) is 28.6 Å². The number of H-pyrrole nitrogens is 1. The summed E-state index contributed by atoms with van der Waals surface area (Å²) in [6, 6.07) is 7.25. The van der Waals surface area contributed by atoms with Gasteiger partial charge in [0.05, 0.1) is 18.2 Å². The van der Waals surface area contributed by atoms with E-state index < -0.39 is 15.6 Å². The smallest absolute Gasteiger partial charge is 0.496 e. The van der Waals surface area contributed by atoms with Crippen molar-refractivity contribution < 1.29 is 35.5 Å². The van der Waals surface area contributed by atoms with Crippen LogP contribution in [0.3, 0.4) is 0 Å². The molecule has 12 heteroatoms. The quantitative estimate of drug-likeness (QED) is 0.407. The van der Waals surface area contributed by atoms with E-state index in [-0.39, 0.29) is 11.5 Å². The fourth-order valence-corrected chi connectivity index (χ4v) is 2.26. The van der Waals surface area contributed by atoms with E-state index in [2.05, 4.69) is 24.2 Å². The van der Waals surface area contributed by atoms with Gasteiger partial charge in [-0.25, -0.2) is 9.97 Å². The molecule has 1 aromatic carbocycles. The molecule has 0 aliphatic carbocycles. The number of aromatic amines is 1. The normalized spacial score (nSPS) is 12.3. The minimum absolute atomic E-state index is 0.162. The van der Waals surface area contributed by atoms with Gasteiger partial charge in [-0.2, -0.15) is 21.6 Å². The molecule has 3 rings (SSSR count). The largest absolute Gasteiger partial charge is 0.526 e. The number of ether oxygens (including phenoxy) is 1. The molecule has 0 fully saturated rings. The number of pyridine rings is 1. The summed E-state index contributed by atoms with van der Waals surface area (Å²) >= 11 is 0. The Kier molecular flexibility index (Phi) is 4.46. The van der Waals surface area contributed by atoms with Crippen molar-refractivity contribution in [1.29, 1.82) is 0 Å². The highest BCUT2D eigenvalue weighted by molar-refractivity contribution is 7.87. The molecule has 0 bridgehead atoms. The molecule has 3 aromatic rings. The molecule has 0 aliphatic rings. The van der Waals surface area contributed by atoms with Gasteiger partial charge in [0.25, 0.3) is 0 Å². The molecule has 2 heterocycles. The summed E-state index contributed by atoms with van der Waals surface area (Å²) in [4.78, 5) is 15.6. The van der Waals surface area contributed by atoms with Crippen LogP contribution in [-0.2, 0) is 14.5 Å². The molecular weight excluding hydrogens is 379 g/mol. The van der Waals surface area contributed by atoms with Gasteiger partial charge in [0.15, 0.2) is 11.4 Å². The van der Waals surface area contributed by atoms with Crippen LogP contribution in [0.4, 0.5) is 13.2 Å². The number of nitrogens with zero attached hydrogens (tertiary/aromatic N) is 2. The van der Waals surface area contributed by atoms with E-state index in [1.807, 2.05) is 0 Å². The number of halogens is 3. The van der Waals surface area contributed by atoms with Crippen molar-refractivity contribution >= 4 is 21.3 Å². The average molecular weight is 389 g/mol. The molecule has 0 unspecified atom stereocenters. The van der Waals surface area contributed by atoms with Crippen molar-refractivity contribution in [3.05, 3.63) is 36.5 Å². The maximum atomic E-state index is 12.2. The molecule has 0 spiro atoms. The minimum atomic E-state index is -5.88. The zero-order valence-electron chi connectivity index (χ0n) is 12.9. The van der Waals surface area contributed by atoms with Crippen LogP contribution in [0.25, 0.3) is 22.6 Å². The summed E-state index contributed by atoms with van der Waals surface area (Å²) in [5.74, 6) is 0.244. The number of aromatic nitrogens is 3. The Morgan fingerprint density at radius 3 is 2.62 bits per heavy atom. The van der Waals surface area contributed by atoms with E-state index in [0.29, 0.717) is 22.6 Å². The Morgan fingerprint density at radius 1 is 1.19 bits per heavy atom. The highest BCUT2D eigenvalue weighted by atomic mass is 32.2. The Hall–Kier alpha value is -2.86. The maximum Gasteiger partial charge on any atom is 0.526 e. The van der Waals surface area contributed by atoms with E-state index in [0.717, 1.165) is 6.07 Å². The van der Waals surface area contributed by atoms with Crippen LogP contribution >= 0.6 is 0 Å². The van der Waals surface area contributed by atoms with Crippen LogP contribution in [0.1, 0.15) is 0 Å². The minimum Gasteiger partial charge on any atom is -0.496 e. The third-order valence-corrected chi connectivity index (χ3v) is 4.00. The Morgan fingerprint density at radius 2 is 1.96 bits per heavy atom. The fourth-order valence-electron chi connectivity index (χ4n) is 2.01. The summed E-state index contributed by atoms with van der Waals surface area (Å²) in [7, 11) is -4.57. The highest BCUT2D eigenvalue weighted by Gasteiger charge is 2.49. The van der Waals surface area contributed by atoms with E-state index in [9.17, 15) is 21.6 Å². The molecule has 0 saturated heterocycles. The zero-order valence-corrected chi connectivity index (χ0v) is 13.8. The van der Waals surface area contributed by atoms with Crippen molar-refractivity contribution in [3.63, 3.8) is 0 Å². The lowest BCUT2D eigenvalue weighted by Gasteiger charge is -2.10. The van der Waals surface area contributed by atoms with Gasteiger partial charge in [0, 0.05) is 12.3 Å². The topological polar surface area (TPSA) is 103 Å². The van der Waals surface area contributed by atoms with E-state index in [4.69, 9.17) is 4.74 Å². The molecule has 0 aliphatic heterocycles. The second-order valence-electron chi connectivity index (χ2n) is 4.87. The third-order valence-electron chi connectivity index (χ3n) is 3.19. The molecule has 0 atom stereocenters. The van der Waals surface area contributed by atoms with Crippen molar-refractivity contribution in [1.82, 2.24) is 15.0 Å². The molecule has 0 radical (unpaired) electrons. The second-order valence-corrected chi connectivity index (χ2v) is 6.38. The lowest BCUT2D eigenvalue weighted by molar-refractivity contribution is -0.128. The summed E-state index contributed by atoms with van der Waals surface area (Å²) < 4.78 is 67.1. The Bertz CT molecular complexity index is 1020. The van der Waals surface area contributed by atoms with Gasteiger partial charge in [0.1, 0.15) is 11.6 Å². The molecule has 138 valence electrons. The number of benzene rings is 1. The lowest BCUT2D eigenvalue weighted by Crippen LogP contribution is -2.26. The fraction of sp³-hybridized carbons (Fsp3) is 0.143. The average Bonchev–Trinajstić information content (AvgIpc) is 3.02. The van der Waals surface area contributed by atoms with E-state index in [1.54, 1.807) is 18.3 Å². The predicted octanol–water partition coefficient (Wildman–Crippen LogP) is 2.79. The molecule has 2 aromatic heterocycles. The van der Waals surface area contributed by atoms with Gasteiger partial charge in [0.2, 0.25) is 0 Å². The number of fused-ring (bicyclic) bond motifs is 1. The lowest BCUT2D eigenvalue weighted by atomic mass is 10.2. The Labute approximate surface area is 144 Å². The van der Waals surface area contributed by atoms with Gasteiger partial charge < -0.3 is 14.6 Å². The number of nitrogens with one attached hydrogen (secondary N) is 1. The first-order valence-electron chi connectivity index (χ1n) is 6.88. The van der Waals surface area contributed by atoms with Crippen LogP contribution in [0, 0.1) is 0 Å². The van der Waals surface area contributed by atoms with Crippen LogP contribution in [0.5, 0.6) is 11.5 Å². The highest BCUT2D eigenvalue weighted by Crippen LogP contribution is 2.33. The van der Waals surface area contributed by atoms with Crippen molar-refractivity contribution in [2.45, 2.75) is 5.51 Å². The summed E-state index contributed by atoms with van der Waals surface area (Å²) in [5, 5.41) is 0. The monoisotopic (exact) mass is 389 g/mol. The van der Waals surface area contributed by atoms with Crippen LogP contribution in [0.2, 0.25) is 0 Å². The van der Waals surface area contributed by atoms with Crippen LogP contribution in [0.15, 0.2) is 36.5 Å². The Balaban J connectivity index is 1.88. The zero-order chi connectivity index (χ0) is 18.9. The number of hydrogen-bond acceptors (Lipinski definition) is 7. The number of rotatable bonds is 5.